The average Bonchev–Trinajstić information content (AvgIpc) is 2.66. The molecule has 0 N–H and O–H groups in total. The zero-order valence-corrected chi connectivity index (χ0v) is 10.5. The molecule has 0 spiro atoms. The molecule has 2 aliphatic heterocycles. The van der Waals surface area contributed by atoms with Gasteiger partial charge < -0.3 is 9.80 Å². The minimum Gasteiger partial charge on any atom is -0.302 e. The lowest BCUT2D eigenvalue weighted by Gasteiger charge is -2.34. The summed E-state index contributed by atoms with van der Waals surface area (Å²) in [7, 11) is 2.27. The normalized spacial score (nSPS) is 31.2. The molecule has 1 atom stereocenters. The van der Waals surface area contributed by atoms with E-state index in [2.05, 4.69) is 16.8 Å². The van der Waals surface area contributed by atoms with Crippen LogP contribution in [0.25, 0.3) is 0 Å². The lowest BCUT2D eigenvalue weighted by molar-refractivity contribution is 0.149. The Morgan fingerprint density at radius 3 is 2.40 bits per heavy atom. The Balaban J connectivity index is 1.72. The molecule has 2 heterocycles. The fraction of sp³-hybridized carbons (Fsp3) is 1.00. The number of nitrogens with zero attached hydrogens (tertiary/aromatic N) is 2. The molecule has 0 aromatic heterocycles. The van der Waals surface area contributed by atoms with E-state index in [1.165, 1.54) is 51.9 Å². The molecule has 0 aliphatic carbocycles. The number of rotatable bonds is 3. The van der Waals surface area contributed by atoms with Crippen molar-refractivity contribution >= 4 is 11.6 Å². The number of hydrogen-bond donors (Lipinski definition) is 0. The second-order valence-electron chi connectivity index (χ2n) is 5.17. The number of halogens is 1. The van der Waals surface area contributed by atoms with Gasteiger partial charge in [0.2, 0.25) is 0 Å². The van der Waals surface area contributed by atoms with Gasteiger partial charge in [0, 0.05) is 18.5 Å². The van der Waals surface area contributed by atoms with Gasteiger partial charge in [-0.15, -0.1) is 11.6 Å². The molecule has 0 saturated carbocycles. The van der Waals surface area contributed by atoms with E-state index in [0.29, 0.717) is 0 Å². The lowest BCUT2D eigenvalue weighted by Crippen LogP contribution is -2.42. The predicted octanol–water partition coefficient (Wildman–Crippen LogP) is 2.03. The molecule has 88 valence electrons. The molecule has 1 unspecified atom stereocenters. The highest BCUT2D eigenvalue weighted by atomic mass is 35.5. The Kier molecular flexibility index (Phi) is 4.30. The number of likely N-dealkylation sites (N-methyl/N-ethyl adjacent to an activating group) is 1. The van der Waals surface area contributed by atoms with Crippen LogP contribution in [0.3, 0.4) is 0 Å². The number of likely N-dealkylation sites (tertiary alicyclic amines) is 2. The summed E-state index contributed by atoms with van der Waals surface area (Å²) in [6.07, 6.45) is 5.39. The first kappa shape index (κ1) is 11.7. The standard InChI is InChI=1S/C12H23ClN2/c1-14-6-2-3-12(14)10-15-7-4-11(9-13)5-8-15/h11-12H,2-10H2,1H3. The molecule has 2 rings (SSSR count). The van der Waals surface area contributed by atoms with E-state index in [4.69, 9.17) is 11.6 Å². The van der Waals surface area contributed by atoms with Gasteiger partial charge in [0.1, 0.15) is 0 Å². The van der Waals surface area contributed by atoms with Crippen LogP contribution in [0.5, 0.6) is 0 Å². The summed E-state index contributed by atoms with van der Waals surface area (Å²) in [5.41, 5.74) is 0. The highest BCUT2D eigenvalue weighted by Crippen LogP contribution is 2.21. The van der Waals surface area contributed by atoms with Crippen molar-refractivity contribution < 1.29 is 0 Å². The summed E-state index contributed by atoms with van der Waals surface area (Å²) in [5, 5.41) is 0. The summed E-state index contributed by atoms with van der Waals surface area (Å²) in [5.74, 6) is 1.64. The minimum absolute atomic E-state index is 0.782. The Hall–Kier alpha value is 0.210. The third-order valence-electron chi connectivity index (χ3n) is 4.07. The van der Waals surface area contributed by atoms with Gasteiger partial charge in [-0.25, -0.2) is 0 Å². The molecule has 3 heteroatoms. The summed E-state index contributed by atoms with van der Waals surface area (Å²) in [4.78, 5) is 5.16. The van der Waals surface area contributed by atoms with Gasteiger partial charge in [-0.3, -0.25) is 0 Å². The summed E-state index contributed by atoms with van der Waals surface area (Å²) in [6, 6.07) is 0.817. The van der Waals surface area contributed by atoms with E-state index in [9.17, 15) is 0 Å². The summed E-state index contributed by atoms with van der Waals surface area (Å²) in [6.45, 7) is 5.11. The van der Waals surface area contributed by atoms with Crippen molar-refractivity contribution in [3.63, 3.8) is 0 Å². The summed E-state index contributed by atoms with van der Waals surface area (Å²) < 4.78 is 0. The number of alkyl halides is 1. The van der Waals surface area contributed by atoms with Gasteiger partial charge in [0.15, 0.2) is 0 Å². The third kappa shape index (κ3) is 3.08. The van der Waals surface area contributed by atoms with Crippen LogP contribution in [0, 0.1) is 5.92 Å². The second-order valence-corrected chi connectivity index (χ2v) is 5.48. The molecule has 0 aromatic carbocycles. The van der Waals surface area contributed by atoms with E-state index in [1.807, 2.05) is 0 Å². The Morgan fingerprint density at radius 2 is 1.87 bits per heavy atom. The van der Waals surface area contributed by atoms with Crippen LogP contribution < -0.4 is 0 Å². The molecule has 0 aromatic rings. The van der Waals surface area contributed by atoms with E-state index < -0.39 is 0 Å². The van der Waals surface area contributed by atoms with Gasteiger partial charge in [0.05, 0.1) is 0 Å². The molecule has 0 bridgehead atoms. The maximum atomic E-state index is 5.89. The van der Waals surface area contributed by atoms with Crippen LogP contribution in [0.1, 0.15) is 25.7 Å². The largest absolute Gasteiger partial charge is 0.302 e. The fourth-order valence-electron chi connectivity index (χ4n) is 2.83. The quantitative estimate of drug-likeness (QED) is 0.685. The van der Waals surface area contributed by atoms with Crippen LogP contribution in [-0.4, -0.2) is 54.9 Å². The maximum Gasteiger partial charge on any atom is 0.0252 e. The van der Waals surface area contributed by atoms with Crippen molar-refractivity contribution in [2.45, 2.75) is 31.7 Å². The van der Waals surface area contributed by atoms with E-state index in [1.54, 1.807) is 0 Å². The Morgan fingerprint density at radius 1 is 1.13 bits per heavy atom. The van der Waals surface area contributed by atoms with E-state index in [-0.39, 0.29) is 0 Å². The highest BCUT2D eigenvalue weighted by molar-refractivity contribution is 6.18. The van der Waals surface area contributed by atoms with Crippen LogP contribution >= 0.6 is 11.6 Å². The molecule has 15 heavy (non-hydrogen) atoms. The number of piperidine rings is 1. The molecule has 2 fully saturated rings. The molecule has 0 amide bonds. The van der Waals surface area contributed by atoms with E-state index in [0.717, 1.165) is 17.8 Å². The molecule has 2 saturated heterocycles. The van der Waals surface area contributed by atoms with Gasteiger partial charge in [-0.05, 0) is 58.3 Å². The van der Waals surface area contributed by atoms with Crippen molar-refractivity contribution in [3.05, 3.63) is 0 Å². The maximum absolute atomic E-state index is 5.89. The van der Waals surface area contributed by atoms with Crippen LogP contribution in [0.4, 0.5) is 0 Å². The van der Waals surface area contributed by atoms with E-state index >= 15 is 0 Å². The minimum atomic E-state index is 0.782. The predicted molar refractivity (Wildman–Crippen MR) is 65.5 cm³/mol. The molecule has 0 radical (unpaired) electrons. The van der Waals surface area contributed by atoms with Crippen molar-refractivity contribution in [3.8, 4) is 0 Å². The molecule has 2 nitrogen and oxygen atoms in total. The second kappa shape index (κ2) is 5.51. The molecule has 2 aliphatic rings. The Bertz CT molecular complexity index is 190. The van der Waals surface area contributed by atoms with Crippen molar-refractivity contribution in [2.24, 2.45) is 5.92 Å². The molecular formula is C12H23ClN2. The average molecular weight is 231 g/mol. The van der Waals surface area contributed by atoms with Gasteiger partial charge in [-0.1, -0.05) is 0 Å². The topological polar surface area (TPSA) is 6.48 Å². The fourth-order valence-corrected chi connectivity index (χ4v) is 3.14. The third-order valence-corrected chi connectivity index (χ3v) is 4.50. The first-order chi connectivity index (χ1) is 7.29. The highest BCUT2D eigenvalue weighted by Gasteiger charge is 2.25. The monoisotopic (exact) mass is 230 g/mol. The van der Waals surface area contributed by atoms with Crippen molar-refractivity contribution in [1.29, 1.82) is 0 Å². The van der Waals surface area contributed by atoms with Crippen LogP contribution in [0.2, 0.25) is 0 Å². The van der Waals surface area contributed by atoms with Crippen molar-refractivity contribution in [1.82, 2.24) is 9.80 Å². The summed E-state index contributed by atoms with van der Waals surface area (Å²) >= 11 is 5.89. The lowest BCUT2D eigenvalue weighted by atomic mass is 9.98. The van der Waals surface area contributed by atoms with Gasteiger partial charge in [0.25, 0.3) is 0 Å². The van der Waals surface area contributed by atoms with Crippen LogP contribution in [0.15, 0.2) is 0 Å². The van der Waals surface area contributed by atoms with Gasteiger partial charge >= 0.3 is 0 Å². The SMILES string of the molecule is CN1CCCC1CN1CCC(CCl)CC1. The van der Waals surface area contributed by atoms with Gasteiger partial charge in [-0.2, -0.15) is 0 Å². The first-order valence-electron chi connectivity index (χ1n) is 6.28. The first-order valence-corrected chi connectivity index (χ1v) is 6.81. The van der Waals surface area contributed by atoms with Crippen LogP contribution in [-0.2, 0) is 0 Å². The smallest absolute Gasteiger partial charge is 0.0252 e. The number of hydrogen-bond acceptors (Lipinski definition) is 2. The van der Waals surface area contributed by atoms with Crippen molar-refractivity contribution in [2.75, 3.05) is 39.1 Å². The zero-order valence-electron chi connectivity index (χ0n) is 9.79. The molecular weight excluding hydrogens is 208 g/mol. The zero-order chi connectivity index (χ0) is 10.7. The Labute approximate surface area is 98.6 Å².